The molecular formula is C18H39NO3S. The molecule has 0 bridgehead atoms. The summed E-state index contributed by atoms with van der Waals surface area (Å²) in [4.78, 5) is 0. The highest BCUT2D eigenvalue weighted by Gasteiger charge is 2.13. The van der Waals surface area contributed by atoms with Crippen LogP contribution in [0, 0.1) is 0 Å². The molecule has 0 radical (unpaired) electrons. The van der Waals surface area contributed by atoms with E-state index in [2.05, 4.69) is 21.0 Å². The molecule has 0 aromatic carbocycles. The Morgan fingerprint density at radius 3 is 1.52 bits per heavy atom. The molecule has 0 aliphatic carbocycles. The number of hydrogen-bond acceptors (Lipinski definition) is 3. The molecule has 0 amide bonds. The van der Waals surface area contributed by atoms with E-state index in [1.54, 1.807) is 0 Å². The Labute approximate surface area is 145 Å². The lowest BCUT2D eigenvalue weighted by Gasteiger charge is -2.30. The highest BCUT2D eigenvalue weighted by atomic mass is 32.2. The van der Waals surface area contributed by atoms with Crippen LogP contribution in [0.3, 0.4) is 0 Å². The van der Waals surface area contributed by atoms with Crippen LogP contribution < -0.4 is 0 Å². The largest absolute Gasteiger partial charge is 0.748 e. The Hall–Kier alpha value is -0.130. The minimum absolute atomic E-state index is 0.217. The van der Waals surface area contributed by atoms with Crippen molar-refractivity contribution in [2.45, 2.75) is 84.0 Å². The van der Waals surface area contributed by atoms with Gasteiger partial charge in [0.2, 0.25) is 0 Å². The SMILES string of the molecule is CCCCCCCCCCCC[N+](C)(C)CCCCS(=O)(=O)[O-]. The van der Waals surface area contributed by atoms with Crippen LogP contribution in [0.2, 0.25) is 0 Å². The molecule has 0 saturated heterocycles. The van der Waals surface area contributed by atoms with Crippen molar-refractivity contribution in [3.8, 4) is 0 Å². The van der Waals surface area contributed by atoms with E-state index >= 15 is 0 Å². The molecule has 23 heavy (non-hydrogen) atoms. The molecule has 0 N–H and O–H groups in total. The zero-order valence-electron chi connectivity index (χ0n) is 15.7. The molecule has 0 spiro atoms. The summed E-state index contributed by atoms with van der Waals surface area (Å²) in [7, 11) is 0.351. The first-order chi connectivity index (χ1) is 10.8. The van der Waals surface area contributed by atoms with E-state index in [9.17, 15) is 13.0 Å². The zero-order valence-corrected chi connectivity index (χ0v) is 16.5. The second-order valence-corrected chi connectivity index (χ2v) is 9.06. The van der Waals surface area contributed by atoms with E-state index in [-0.39, 0.29) is 5.75 Å². The third-order valence-corrected chi connectivity index (χ3v) is 5.31. The van der Waals surface area contributed by atoms with Gasteiger partial charge in [-0.3, -0.25) is 0 Å². The molecular weight excluding hydrogens is 310 g/mol. The van der Waals surface area contributed by atoms with Crippen LogP contribution in [0.1, 0.15) is 84.0 Å². The van der Waals surface area contributed by atoms with Gasteiger partial charge >= 0.3 is 0 Å². The predicted molar refractivity (Wildman–Crippen MR) is 97.5 cm³/mol. The minimum Gasteiger partial charge on any atom is -0.748 e. The van der Waals surface area contributed by atoms with Crippen LogP contribution in [-0.2, 0) is 10.1 Å². The fourth-order valence-electron chi connectivity index (χ4n) is 2.96. The van der Waals surface area contributed by atoms with Gasteiger partial charge in [-0.05, 0) is 25.7 Å². The molecule has 0 fully saturated rings. The predicted octanol–water partition coefficient (Wildman–Crippen LogP) is 4.31. The van der Waals surface area contributed by atoms with Gasteiger partial charge in [-0.25, -0.2) is 8.42 Å². The first-order valence-electron chi connectivity index (χ1n) is 9.52. The monoisotopic (exact) mass is 349 g/mol. The van der Waals surface area contributed by atoms with Gasteiger partial charge in [0, 0.05) is 5.75 Å². The second kappa shape index (κ2) is 13.2. The van der Waals surface area contributed by atoms with Crippen LogP contribution in [0.25, 0.3) is 0 Å². The second-order valence-electron chi connectivity index (χ2n) is 7.53. The van der Waals surface area contributed by atoms with E-state index in [0.29, 0.717) is 6.42 Å². The topological polar surface area (TPSA) is 57.2 Å². The highest BCUT2D eigenvalue weighted by Crippen LogP contribution is 2.12. The first-order valence-corrected chi connectivity index (χ1v) is 11.1. The quantitative estimate of drug-likeness (QED) is 0.237. The van der Waals surface area contributed by atoms with Crippen LogP contribution in [0.5, 0.6) is 0 Å². The fourth-order valence-corrected chi connectivity index (χ4v) is 3.52. The molecule has 4 nitrogen and oxygen atoms in total. The standard InChI is InChI=1S/C18H39NO3S/c1-4-5-6-7-8-9-10-11-12-13-16-19(2,3)17-14-15-18-23(20,21)22/h4-18H2,1-3H3. The van der Waals surface area contributed by atoms with E-state index in [1.807, 2.05) is 0 Å². The van der Waals surface area contributed by atoms with Crippen molar-refractivity contribution in [2.24, 2.45) is 0 Å². The van der Waals surface area contributed by atoms with E-state index in [0.717, 1.165) is 24.0 Å². The van der Waals surface area contributed by atoms with Crippen molar-refractivity contribution in [3.05, 3.63) is 0 Å². The maximum Gasteiger partial charge on any atom is 0.0945 e. The number of quaternary nitrogens is 1. The van der Waals surface area contributed by atoms with Crippen LogP contribution in [-0.4, -0.2) is 50.4 Å². The summed E-state index contributed by atoms with van der Waals surface area (Å²) in [5.41, 5.74) is 0. The smallest absolute Gasteiger partial charge is 0.0945 e. The summed E-state index contributed by atoms with van der Waals surface area (Å²) >= 11 is 0. The third kappa shape index (κ3) is 18.1. The molecule has 0 heterocycles. The average molecular weight is 350 g/mol. The summed E-state index contributed by atoms with van der Waals surface area (Å²) in [6.45, 7) is 4.35. The Kier molecular flexibility index (Phi) is 13.1. The number of nitrogens with zero attached hydrogens (tertiary/aromatic N) is 1. The van der Waals surface area contributed by atoms with Gasteiger partial charge in [0.15, 0.2) is 0 Å². The van der Waals surface area contributed by atoms with Gasteiger partial charge in [0.1, 0.15) is 0 Å². The third-order valence-electron chi connectivity index (χ3n) is 4.52. The number of hydrogen-bond donors (Lipinski definition) is 0. The molecule has 5 heteroatoms. The fraction of sp³-hybridized carbons (Fsp3) is 1.00. The molecule has 0 aliphatic rings. The van der Waals surface area contributed by atoms with Gasteiger partial charge in [0.25, 0.3) is 0 Å². The Balaban J connectivity index is 3.44. The van der Waals surface area contributed by atoms with Gasteiger partial charge in [-0.2, -0.15) is 0 Å². The molecule has 0 saturated carbocycles. The minimum atomic E-state index is -4.04. The van der Waals surface area contributed by atoms with Crippen molar-refractivity contribution in [1.29, 1.82) is 0 Å². The van der Waals surface area contributed by atoms with Crippen LogP contribution in [0.4, 0.5) is 0 Å². The normalized spacial score (nSPS) is 12.7. The molecule has 140 valence electrons. The van der Waals surface area contributed by atoms with Crippen molar-refractivity contribution in [3.63, 3.8) is 0 Å². The number of rotatable bonds is 16. The highest BCUT2D eigenvalue weighted by molar-refractivity contribution is 7.85. The summed E-state index contributed by atoms with van der Waals surface area (Å²) in [5.74, 6) is -0.217. The van der Waals surface area contributed by atoms with Crippen molar-refractivity contribution < 1.29 is 17.5 Å². The summed E-state index contributed by atoms with van der Waals surface area (Å²) in [5, 5.41) is 0. The van der Waals surface area contributed by atoms with Gasteiger partial charge in [-0.1, -0.05) is 58.3 Å². The Morgan fingerprint density at radius 2 is 1.09 bits per heavy atom. The summed E-state index contributed by atoms with van der Waals surface area (Å²) in [6.07, 6.45) is 14.8. The van der Waals surface area contributed by atoms with Gasteiger partial charge < -0.3 is 9.04 Å². The average Bonchev–Trinajstić information content (AvgIpc) is 2.45. The van der Waals surface area contributed by atoms with E-state index < -0.39 is 10.1 Å². The molecule has 0 aromatic rings. The van der Waals surface area contributed by atoms with Crippen molar-refractivity contribution in [2.75, 3.05) is 32.9 Å². The Bertz CT molecular complexity index is 366. The van der Waals surface area contributed by atoms with E-state index in [1.165, 1.54) is 64.2 Å². The number of unbranched alkanes of at least 4 members (excludes halogenated alkanes) is 10. The summed E-state index contributed by atoms with van der Waals surface area (Å²) < 4.78 is 32.6. The molecule has 0 aromatic heterocycles. The van der Waals surface area contributed by atoms with Gasteiger partial charge in [-0.15, -0.1) is 0 Å². The molecule has 0 rings (SSSR count). The lowest BCUT2D eigenvalue weighted by molar-refractivity contribution is -0.890. The Morgan fingerprint density at radius 1 is 0.696 bits per heavy atom. The van der Waals surface area contributed by atoms with Gasteiger partial charge in [0.05, 0.1) is 37.3 Å². The van der Waals surface area contributed by atoms with Crippen LogP contribution in [0.15, 0.2) is 0 Å². The lowest BCUT2D eigenvalue weighted by atomic mass is 10.1. The lowest BCUT2D eigenvalue weighted by Crippen LogP contribution is -2.41. The first kappa shape index (κ1) is 22.9. The molecule has 0 aliphatic heterocycles. The maximum absolute atomic E-state index is 10.6. The molecule has 0 atom stereocenters. The van der Waals surface area contributed by atoms with Crippen molar-refractivity contribution in [1.82, 2.24) is 0 Å². The van der Waals surface area contributed by atoms with Crippen LogP contribution >= 0.6 is 0 Å². The van der Waals surface area contributed by atoms with E-state index in [4.69, 9.17) is 0 Å². The summed E-state index contributed by atoms with van der Waals surface area (Å²) in [6, 6.07) is 0. The van der Waals surface area contributed by atoms with Crippen molar-refractivity contribution >= 4 is 10.1 Å². The molecule has 0 unspecified atom stereocenters. The zero-order chi connectivity index (χ0) is 17.6. The maximum atomic E-state index is 10.6.